The van der Waals surface area contributed by atoms with Gasteiger partial charge in [-0.1, -0.05) is 0 Å². The van der Waals surface area contributed by atoms with Gasteiger partial charge in [0.05, 0.1) is 68.8 Å². The Morgan fingerprint density at radius 3 is 2.59 bits per heavy atom. The molecule has 0 saturated carbocycles. The van der Waals surface area contributed by atoms with Crippen molar-refractivity contribution in [2.45, 2.75) is 31.5 Å². The lowest BCUT2D eigenvalue weighted by molar-refractivity contribution is 0.0903. The summed E-state index contributed by atoms with van der Waals surface area (Å²) in [6, 6.07) is 8.43. The summed E-state index contributed by atoms with van der Waals surface area (Å²) >= 11 is 0. The fourth-order valence-electron chi connectivity index (χ4n) is 5.29. The molecule has 2 aromatic heterocycles. The van der Waals surface area contributed by atoms with E-state index in [1.807, 2.05) is 30.5 Å². The first-order chi connectivity index (χ1) is 16.7. The summed E-state index contributed by atoms with van der Waals surface area (Å²) < 4.78 is 16.7. The van der Waals surface area contributed by atoms with Gasteiger partial charge in [0.1, 0.15) is 11.6 Å². The maximum absolute atomic E-state index is 9.76. The number of aromatic nitrogens is 3. The molecule has 3 aliphatic rings. The Morgan fingerprint density at radius 1 is 1.06 bits per heavy atom. The molecule has 34 heavy (non-hydrogen) atoms. The predicted octanol–water partition coefficient (Wildman–Crippen LogP) is 2.40. The van der Waals surface area contributed by atoms with Gasteiger partial charge < -0.3 is 29.1 Å². The van der Waals surface area contributed by atoms with E-state index in [0.717, 1.165) is 78.6 Å². The molecule has 0 radical (unpaired) electrons. The number of methoxy groups -OCH3 is 1. The van der Waals surface area contributed by atoms with Crippen LogP contribution >= 0.6 is 0 Å². The second-order valence-electron chi connectivity index (χ2n) is 9.05. The first-order valence-electron chi connectivity index (χ1n) is 11.9. The van der Waals surface area contributed by atoms with Gasteiger partial charge in [-0.2, -0.15) is 4.98 Å². The first-order valence-corrected chi connectivity index (χ1v) is 11.9. The van der Waals surface area contributed by atoms with Crippen LogP contribution in [0.2, 0.25) is 0 Å². The minimum atomic E-state index is -0.0993. The largest absolute Gasteiger partial charge is 0.496 e. The molecule has 9 heteroatoms. The molecule has 0 amide bonds. The van der Waals surface area contributed by atoms with Crippen molar-refractivity contribution in [1.82, 2.24) is 15.0 Å². The molecule has 3 aliphatic heterocycles. The van der Waals surface area contributed by atoms with E-state index >= 15 is 0 Å². The first kappa shape index (κ1) is 21.5. The number of hydrogen-bond acceptors (Lipinski definition) is 9. The quantitative estimate of drug-likeness (QED) is 0.612. The third kappa shape index (κ3) is 3.73. The van der Waals surface area contributed by atoms with Crippen molar-refractivity contribution in [2.75, 3.05) is 56.4 Å². The van der Waals surface area contributed by atoms with Crippen LogP contribution in [-0.2, 0) is 16.1 Å². The number of aliphatic hydroxyl groups excluding tert-OH is 1. The number of pyridine rings is 1. The van der Waals surface area contributed by atoms with Gasteiger partial charge in [-0.15, -0.1) is 0 Å². The van der Waals surface area contributed by atoms with E-state index in [4.69, 9.17) is 29.2 Å². The second kappa shape index (κ2) is 8.98. The zero-order valence-corrected chi connectivity index (χ0v) is 19.3. The van der Waals surface area contributed by atoms with Gasteiger partial charge in [0.25, 0.3) is 0 Å². The second-order valence-corrected chi connectivity index (χ2v) is 9.05. The number of hydrogen-bond donors (Lipinski definition) is 1. The molecule has 1 aromatic carbocycles. The van der Waals surface area contributed by atoms with Gasteiger partial charge in [0, 0.05) is 30.4 Å². The van der Waals surface area contributed by atoms with Gasteiger partial charge in [-0.05, 0) is 37.1 Å². The molecule has 0 aliphatic carbocycles. The van der Waals surface area contributed by atoms with Crippen molar-refractivity contribution < 1.29 is 19.3 Å². The molecule has 2 bridgehead atoms. The molecular formula is C25H29N5O4. The number of rotatable bonds is 5. The van der Waals surface area contributed by atoms with Crippen LogP contribution in [0.1, 0.15) is 18.4 Å². The average molecular weight is 464 g/mol. The van der Waals surface area contributed by atoms with E-state index in [1.54, 1.807) is 7.11 Å². The number of fused-ring (bicyclic) bond motifs is 3. The van der Waals surface area contributed by atoms with Crippen molar-refractivity contribution in [3.05, 3.63) is 36.0 Å². The van der Waals surface area contributed by atoms with E-state index in [0.29, 0.717) is 31.0 Å². The number of nitrogens with zero attached hydrogens (tertiary/aromatic N) is 5. The molecule has 178 valence electrons. The van der Waals surface area contributed by atoms with E-state index in [9.17, 15) is 5.11 Å². The smallest absolute Gasteiger partial charge is 0.228 e. The van der Waals surface area contributed by atoms with Gasteiger partial charge in [0.15, 0.2) is 0 Å². The summed E-state index contributed by atoms with van der Waals surface area (Å²) in [5.41, 5.74) is 3.30. The highest BCUT2D eigenvalue weighted by Gasteiger charge is 2.39. The molecule has 6 rings (SSSR count). The molecular weight excluding hydrogens is 434 g/mol. The minimum absolute atomic E-state index is 0.0993. The Hall–Kier alpha value is -3.01. The van der Waals surface area contributed by atoms with Crippen LogP contribution in [-0.4, -0.2) is 78.8 Å². The Bertz CT molecular complexity index is 1180. The van der Waals surface area contributed by atoms with Gasteiger partial charge in [0.2, 0.25) is 5.95 Å². The summed E-state index contributed by atoms with van der Waals surface area (Å²) in [4.78, 5) is 19.5. The van der Waals surface area contributed by atoms with Crippen molar-refractivity contribution in [2.24, 2.45) is 0 Å². The fourth-order valence-corrected chi connectivity index (χ4v) is 5.29. The molecule has 9 nitrogen and oxygen atoms in total. The highest BCUT2D eigenvalue weighted by atomic mass is 16.5. The monoisotopic (exact) mass is 463 g/mol. The normalized spacial score (nSPS) is 22.4. The highest BCUT2D eigenvalue weighted by Crippen LogP contribution is 2.38. The Morgan fingerprint density at radius 2 is 1.85 bits per heavy atom. The van der Waals surface area contributed by atoms with Crippen LogP contribution in [0.5, 0.6) is 5.75 Å². The number of aliphatic hydroxyl groups is 1. The molecule has 3 saturated heterocycles. The lowest BCUT2D eigenvalue weighted by Crippen LogP contribution is -2.46. The minimum Gasteiger partial charge on any atom is -0.496 e. The van der Waals surface area contributed by atoms with Crippen LogP contribution in [0.25, 0.3) is 22.2 Å². The third-order valence-electron chi connectivity index (χ3n) is 7.07. The highest BCUT2D eigenvalue weighted by molar-refractivity contribution is 5.92. The van der Waals surface area contributed by atoms with Crippen molar-refractivity contribution in [3.63, 3.8) is 0 Å². The zero-order chi connectivity index (χ0) is 23.1. The number of morpholine rings is 2. The SMILES string of the molecule is COc1ccc(-c2cc3nc(N4CCOCC4)nc(N4[C@@H]5CC[C@H]4COC5)c3cn2)cc1CO. The topological polar surface area (TPSA) is 93.1 Å². The summed E-state index contributed by atoms with van der Waals surface area (Å²) in [5, 5.41) is 10.7. The van der Waals surface area contributed by atoms with Crippen molar-refractivity contribution in [1.29, 1.82) is 0 Å². The van der Waals surface area contributed by atoms with Crippen molar-refractivity contribution >= 4 is 22.7 Å². The van der Waals surface area contributed by atoms with Crippen LogP contribution in [0.4, 0.5) is 11.8 Å². The fraction of sp³-hybridized carbons (Fsp3) is 0.480. The Balaban J connectivity index is 1.47. The number of benzene rings is 1. The summed E-state index contributed by atoms with van der Waals surface area (Å²) in [6.45, 7) is 4.27. The Labute approximate surface area is 198 Å². The molecule has 5 heterocycles. The third-order valence-corrected chi connectivity index (χ3v) is 7.07. The average Bonchev–Trinajstić information content (AvgIpc) is 3.14. The maximum atomic E-state index is 9.76. The molecule has 3 aromatic rings. The lowest BCUT2D eigenvalue weighted by atomic mass is 10.1. The molecule has 0 unspecified atom stereocenters. The standard InChI is InChI=1S/C25H29N5O4/c1-32-23-5-2-16(10-17(23)13-31)21-11-22-20(12-26-21)24(30-18-3-4-19(30)15-34-14-18)28-25(27-22)29-6-8-33-9-7-29/h2,5,10-12,18-19,31H,3-4,6-9,13-15H2,1H3/t18-,19+. The van der Waals surface area contributed by atoms with E-state index in [-0.39, 0.29) is 6.61 Å². The predicted molar refractivity (Wildman–Crippen MR) is 128 cm³/mol. The number of anilines is 2. The maximum Gasteiger partial charge on any atom is 0.228 e. The van der Waals surface area contributed by atoms with E-state index in [1.165, 1.54) is 0 Å². The number of ether oxygens (including phenoxy) is 3. The zero-order valence-electron chi connectivity index (χ0n) is 19.3. The summed E-state index contributed by atoms with van der Waals surface area (Å²) in [5.74, 6) is 2.35. The summed E-state index contributed by atoms with van der Waals surface area (Å²) in [7, 11) is 1.60. The van der Waals surface area contributed by atoms with Crippen LogP contribution in [0.15, 0.2) is 30.5 Å². The molecule has 3 fully saturated rings. The van der Waals surface area contributed by atoms with Crippen LogP contribution in [0, 0.1) is 0 Å². The molecule has 1 N–H and O–H groups in total. The molecule has 2 atom stereocenters. The Kier molecular flexibility index (Phi) is 5.68. The van der Waals surface area contributed by atoms with E-state index in [2.05, 4.69) is 9.80 Å². The molecule has 0 spiro atoms. The lowest BCUT2D eigenvalue weighted by Gasteiger charge is -2.37. The van der Waals surface area contributed by atoms with Crippen LogP contribution < -0.4 is 14.5 Å². The van der Waals surface area contributed by atoms with Gasteiger partial charge in [-0.25, -0.2) is 4.98 Å². The van der Waals surface area contributed by atoms with Gasteiger partial charge in [-0.3, -0.25) is 4.98 Å². The van der Waals surface area contributed by atoms with Gasteiger partial charge >= 0.3 is 0 Å². The summed E-state index contributed by atoms with van der Waals surface area (Å²) in [6.07, 6.45) is 4.12. The van der Waals surface area contributed by atoms with E-state index < -0.39 is 0 Å². The van der Waals surface area contributed by atoms with Crippen molar-refractivity contribution in [3.8, 4) is 17.0 Å². The van der Waals surface area contributed by atoms with Crippen LogP contribution in [0.3, 0.4) is 0 Å².